The summed E-state index contributed by atoms with van der Waals surface area (Å²) in [5, 5.41) is 14.2. The quantitative estimate of drug-likeness (QED) is 0.873. The molecule has 6 nitrogen and oxygen atoms in total. The van der Waals surface area contributed by atoms with E-state index in [2.05, 4.69) is 20.9 Å². The van der Waals surface area contributed by atoms with Gasteiger partial charge in [0, 0.05) is 6.54 Å². The number of benzene rings is 1. The van der Waals surface area contributed by atoms with E-state index in [1.807, 2.05) is 31.2 Å². The molecule has 2 heterocycles. The minimum absolute atomic E-state index is 0.162. The molecular weight excluding hydrogens is 278 g/mol. The second kappa shape index (κ2) is 6.70. The largest absolute Gasteiger partial charge is 0.351 e. The van der Waals surface area contributed by atoms with Gasteiger partial charge in [-0.15, -0.1) is 5.10 Å². The van der Waals surface area contributed by atoms with Crippen LogP contribution in [-0.4, -0.2) is 40.5 Å². The summed E-state index contributed by atoms with van der Waals surface area (Å²) in [6.45, 7) is 4.84. The van der Waals surface area contributed by atoms with Crippen LogP contribution >= 0.6 is 0 Å². The molecule has 1 atom stereocenters. The molecule has 1 saturated heterocycles. The highest BCUT2D eigenvalue weighted by molar-refractivity contribution is 5.91. The summed E-state index contributed by atoms with van der Waals surface area (Å²) >= 11 is 0. The van der Waals surface area contributed by atoms with E-state index in [4.69, 9.17) is 0 Å². The number of aromatic nitrogens is 3. The molecule has 1 fully saturated rings. The van der Waals surface area contributed by atoms with Crippen LogP contribution in [0.2, 0.25) is 0 Å². The molecule has 0 saturated carbocycles. The third-order valence-corrected chi connectivity index (χ3v) is 3.99. The van der Waals surface area contributed by atoms with Crippen LogP contribution in [-0.2, 0) is 0 Å². The van der Waals surface area contributed by atoms with Crippen LogP contribution in [0, 0.1) is 12.8 Å². The molecule has 1 aromatic heterocycles. The van der Waals surface area contributed by atoms with Crippen molar-refractivity contribution in [1.29, 1.82) is 0 Å². The number of aryl methyl sites for hydroxylation is 1. The monoisotopic (exact) mass is 299 g/mol. The van der Waals surface area contributed by atoms with Crippen LogP contribution in [0.15, 0.2) is 30.5 Å². The Labute approximate surface area is 129 Å². The topological polar surface area (TPSA) is 71.8 Å². The fourth-order valence-corrected chi connectivity index (χ4v) is 2.71. The molecule has 2 N–H and O–H groups in total. The lowest BCUT2D eigenvalue weighted by molar-refractivity contribution is 0.0946. The zero-order chi connectivity index (χ0) is 15.4. The van der Waals surface area contributed by atoms with Crippen LogP contribution < -0.4 is 10.6 Å². The van der Waals surface area contributed by atoms with Gasteiger partial charge in [-0.05, 0) is 56.5 Å². The van der Waals surface area contributed by atoms with Crippen molar-refractivity contribution in [3.05, 3.63) is 41.7 Å². The molecule has 1 aliphatic rings. The lowest BCUT2D eigenvalue weighted by Crippen LogP contribution is -2.26. The number of nitrogens with one attached hydrogen (secondary N) is 2. The molecular formula is C16H21N5O. The third kappa shape index (κ3) is 3.51. The molecule has 116 valence electrons. The molecule has 1 unspecified atom stereocenters. The van der Waals surface area contributed by atoms with Crippen molar-refractivity contribution in [1.82, 2.24) is 25.6 Å². The van der Waals surface area contributed by atoms with Crippen LogP contribution in [0.5, 0.6) is 0 Å². The van der Waals surface area contributed by atoms with E-state index in [0.717, 1.165) is 30.8 Å². The van der Waals surface area contributed by atoms with E-state index in [1.54, 1.807) is 10.9 Å². The van der Waals surface area contributed by atoms with Crippen LogP contribution in [0.1, 0.15) is 28.9 Å². The molecule has 3 rings (SSSR count). The van der Waals surface area contributed by atoms with Crippen molar-refractivity contribution >= 4 is 5.91 Å². The molecule has 1 aliphatic heterocycles. The molecule has 22 heavy (non-hydrogen) atoms. The number of amides is 1. The van der Waals surface area contributed by atoms with Crippen molar-refractivity contribution in [3.63, 3.8) is 0 Å². The smallest absolute Gasteiger partial charge is 0.273 e. The highest BCUT2D eigenvalue weighted by Crippen LogP contribution is 2.11. The van der Waals surface area contributed by atoms with Crippen molar-refractivity contribution in [2.24, 2.45) is 5.92 Å². The van der Waals surface area contributed by atoms with Gasteiger partial charge in [0.25, 0.3) is 5.91 Å². The zero-order valence-corrected chi connectivity index (χ0v) is 12.7. The Bertz CT molecular complexity index is 645. The number of rotatable bonds is 5. The molecule has 1 aromatic carbocycles. The predicted molar refractivity (Wildman–Crippen MR) is 84.0 cm³/mol. The summed E-state index contributed by atoms with van der Waals surface area (Å²) in [5.41, 5.74) is 2.40. The first-order valence-corrected chi connectivity index (χ1v) is 7.70. The molecule has 6 heteroatoms. The van der Waals surface area contributed by atoms with Crippen LogP contribution in [0.3, 0.4) is 0 Å². The van der Waals surface area contributed by atoms with Gasteiger partial charge in [0.15, 0.2) is 5.69 Å². The Morgan fingerprint density at radius 3 is 3.18 bits per heavy atom. The van der Waals surface area contributed by atoms with Crippen molar-refractivity contribution in [3.8, 4) is 5.69 Å². The zero-order valence-electron chi connectivity index (χ0n) is 12.7. The molecule has 0 radical (unpaired) electrons. The third-order valence-electron chi connectivity index (χ3n) is 3.99. The SMILES string of the molecule is Cc1cccc(-n2cc(C(=O)NCCC3CCNC3)nn2)c1. The van der Waals surface area contributed by atoms with Gasteiger partial charge in [0.1, 0.15) is 0 Å². The van der Waals surface area contributed by atoms with E-state index >= 15 is 0 Å². The maximum Gasteiger partial charge on any atom is 0.273 e. The van der Waals surface area contributed by atoms with E-state index in [-0.39, 0.29) is 5.91 Å². The van der Waals surface area contributed by atoms with Gasteiger partial charge in [-0.25, -0.2) is 4.68 Å². The van der Waals surface area contributed by atoms with Crippen molar-refractivity contribution in [2.45, 2.75) is 19.8 Å². The van der Waals surface area contributed by atoms with E-state index in [1.165, 1.54) is 6.42 Å². The highest BCUT2D eigenvalue weighted by Gasteiger charge is 2.15. The van der Waals surface area contributed by atoms with E-state index in [0.29, 0.717) is 18.2 Å². The Morgan fingerprint density at radius 2 is 2.41 bits per heavy atom. The average Bonchev–Trinajstić information content (AvgIpc) is 3.19. The first-order chi connectivity index (χ1) is 10.7. The maximum atomic E-state index is 12.1. The van der Waals surface area contributed by atoms with Gasteiger partial charge in [0.05, 0.1) is 11.9 Å². The second-order valence-corrected chi connectivity index (χ2v) is 5.79. The Hall–Kier alpha value is -2.21. The van der Waals surface area contributed by atoms with Crippen LogP contribution in [0.25, 0.3) is 5.69 Å². The normalized spacial score (nSPS) is 17.6. The molecule has 0 bridgehead atoms. The lowest BCUT2D eigenvalue weighted by Gasteiger charge is -2.08. The summed E-state index contributed by atoms with van der Waals surface area (Å²) < 4.78 is 1.63. The Balaban J connectivity index is 1.57. The second-order valence-electron chi connectivity index (χ2n) is 5.79. The lowest BCUT2D eigenvalue weighted by atomic mass is 10.1. The molecule has 0 aliphatic carbocycles. The molecule has 2 aromatic rings. The standard InChI is InChI=1S/C16H21N5O/c1-12-3-2-4-14(9-12)21-11-15(19-20-21)16(22)18-8-6-13-5-7-17-10-13/h2-4,9,11,13,17H,5-8,10H2,1H3,(H,18,22). The number of hydrogen-bond acceptors (Lipinski definition) is 4. The Kier molecular flexibility index (Phi) is 4.48. The average molecular weight is 299 g/mol. The summed E-state index contributed by atoms with van der Waals surface area (Å²) in [7, 11) is 0. The van der Waals surface area contributed by atoms with Gasteiger partial charge in [0.2, 0.25) is 0 Å². The summed E-state index contributed by atoms with van der Waals surface area (Å²) in [5.74, 6) is 0.508. The molecule has 0 spiro atoms. The minimum Gasteiger partial charge on any atom is -0.351 e. The van der Waals surface area contributed by atoms with E-state index in [9.17, 15) is 4.79 Å². The summed E-state index contributed by atoms with van der Waals surface area (Å²) in [6.07, 6.45) is 3.87. The summed E-state index contributed by atoms with van der Waals surface area (Å²) in [6, 6.07) is 7.92. The van der Waals surface area contributed by atoms with Crippen LogP contribution in [0.4, 0.5) is 0 Å². The highest BCUT2D eigenvalue weighted by atomic mass is 16.2. The molecule has 1 amide bonds. The van der Waals surface area contributed by atoms with Gasteiger partial charge in [-0.2, -0.15) is 0 Å². The maximum absolute atomic E-state index is 12.1. The Morgan fingerprint density at radius 1 is 1.50 bits per heavy atom. The summed E-state index contributed by atoms with van der Waals surface area (Å²) in [4.78, 5) is 12.1. The fraction of sp³-hybridized carbons (Fsp3) is 0.438. The van der Waals surface area contributed by atoms with E-state index < -0.39 is 0 Å². The minimum atomic E-state index is -0.162. The predicted octanol–water partition coefficient (Wildman–Crippen LogP) is 1.31. The fourth-order valence-electron chi connectivity index (χ4n) is 2.71. The first-order valence-electron chi connectivity index (χ1n) is 7.70. The number of carbonyl (C=O) groups excluding carboxylic acids is 1. The van der Waals surface area contributed by atoms with Gasteiger partial charge >= 0.3 is 0 Å². The number of carbonyl (C=O) groups is 1. The van der Waals surface area contributed by atoms with Gasteiger partial charge in [-0.3, -0.25) is 4.79 Å². The van der Waals surface area contributed by atoms with Crippen molar-refractivity contribution in [2.75, 3.05) is 19.6 Å². The van der Waals surface area contributed by atoms with Crippen molar-refractivity contribution < 1.29 is 4.79 Å². The number of hydrogen-bond donors (Lipinski definition) is 2. The van der Waals surface area contributed by atoms with Gasteiger partial charge in [-0.1, -0.05) is 17.3 Å². The first kappa shape index (κ1) is 14.7. The number of nitrogens with zero attached hydrogens (tertiary/aromatic N) is 3. The van der Waals surface area contributed by atoms with Gasteiger partial charge < -0.3 is 10.6 Å².